The lowest BCUT2D eigenvalue weighted by atomic mass is 10.2. The van der Waals surface area contributed by atoms with Crippen LogP contribution in [0.2, 0.25) is 10.0 Å². The van der Waals surface area contributed by atoms with Crippen molar-refractivity contribution in [3.63, 3.8) is 0 Å². The summed E-state index contributed by atoms with van der Waals surface area (Å²) in [5.74, 6) is -1.08. The quantitative estimate of drug-likeness (QED) is 0.256. The summed E-state index contributed by atoms with van der Waals surface area (Å²) in [6.07, 6.45) is 1.56. The molecule has 3 aromatic carbocycles. The molecule has 0 unspecified atom stereocenters. The van der Waals surface area contributed by atoms with Gasteiger partial charge in [0.25, 0.3) is 11.1 Å². The lowest BCUT2D eigenvalue weighted by Gasteiger charge is -2.13. The number of nitrogens with zero attached hydrogens (tertiary/aromatic N) is 1. The van der Waals surface area contributed by atoms with Crippen molar-refractivity contribution in [2.75, 3.05) is 11.9 Å². The molecule has 0 aliphatic carbocycles. The van der Waals surface area contributed by atoms with Crippen molar-refractivity contribution in [3.8, 4) is 5.75 Å². The number of nitrogens with one attached hydrogen (secondary N) is 1. The first kappa shape index (κ1) is 27.7. The molecule has 1 aliphatic rings. The first-order valence-electron chi connectivity index (χ1n) is 10.5. The van der Waals surface area contributed by atoms with E-state index in [1.807, 2.05) is 0 Å². The number of ether oxygens (including phenoxy) is 1. The van der Waals surface area contributed by atoms with Crippen molar-refractivity contribution in [2.24, 2.45) is 0 Å². The molecule has 0 aromatic heterocycles. The molecule has 0 spiro atoms. The van der Waals surface area contributed by atoms with Crippen LogP contribution in [0.5, 0.6) is 5.75 Å². The van der Waals surface area contributed by atoms with Crippen molar-refractivity contribution < 1.29 is 23.5 Å². The number of hydrogen-bond acceptors (Lipinski definition) is 5. The van der Waals surface area contributed by atoms with Gasteiger partial charge in [0.2, 0.25) is 5.91 Å². The normalized spacial score (nSPS) is 14.4. The van der Waals surface area contributed by atoms with Crippen LogP contribution in [0.4, 0.5) is 14.9 Å². The Bertz CT molecular complexity index is 1410. The van der Waals surface area contributed by atoms with Gasteiger partial charge in [0.15, 0.2) is 0 Å². The summed E-state index contributed by atoms with van der Waals surface area (Å²) >= 11 is 19.7. The first-order valence-corrected chi connectivity index (χ1v) is 13.6. The van der Waals surface area contributed by atoms with Crippen LogP contribution >= 0.6 is 66.8 Å². The van der Waals surface area contributed by atoms with E-state index < -0.39 is 29.4 Å². The zero-order chi connectivity index (χ0) is 26.7. The fourth-order valence-corrected chi connectivity index (χ4v) is 5.86. The summed E-state index contributed by atoms with van der Waals surface area (Å²) in [6, 6.07) is 13.8. The molecule has 190 valence electrons. The van der Waals surface area contributed by atoms with Gasteiger partial charge in [0.05, 0.1) is 23.9 Å². The van der Waals surface area contributed by atoms with Gasteiger partial charge in [-0.1, -0.05) is 29.3 Å². The number of imide groups is 1. The summed E-state index contributed by atoms with van der Waals surface area (Å²) in [7, 11) is 0. The number of anilines is 1. The third kappa shape index (κ3) is 6.94. The molecule has 0 saturated carbocycles. The zero-order valence-electron chi connectivity index (χ0n) is 18.6. The highest BCUT2D eigenvalue weighted by molar-refractivity contribution is 9.11. The number of carbonyl (C=O) groups excluding carboxylic acids is 3. The fraction of sp³-hybridized carbons (Fsp3) is 0.0800. The predicted molar refractivity (Wildman–Crippen MR) is 150 cm³/mol. The van der Waals surface area contributed by atoms with E-state index in [0.717, 1.165) is 22.2 Å². The molecule has 1 aliphatic heterocycles. The second-order valence-corrected chi connectivity index (χ2v) is 11.2. The minimum absolute atomic E-state index is 0.169. The molecule has 3 aromatic rings. The highest BCUT2D eigenvalue weighted by Crippen LogP contribution is 2.38. The summed E-state index contributed by atoms with van der Waals surface area (Å²) in [5, 5.41) is 2.85. The highest BCUT2D eigenvalue weighted by atomic mass is 79.9. The molecule has 1 N–H and O–H groups in total. The van der Waals surface area contributed by atoms with Gasteiger partial charge in [-0.3, -0.25) is 19.3 Å². The van der Waals surface area contributed by atoms with E-state index in [1.54, 1.807) is 36.4 Å². The van der Waals surface area contributed by atoms with Gasteiger partial charge >= 0.3 is 0 Å². The Morgan fingerprint density at radius 3 is 2.35 bits per heavy atom. The summed E-state index contributed by atoms with van der Waals surface area (Å²) in [6.45, 7) is -0.222. The first-order chi connectivity index (χ1) is 17.6. The third-order valence-electron chi connectivity index (χ3n) is 4.99. The topological polar surface area (TPSA) is 75.7 Å². The highest BCUT2D eigenvalue weighted by Gasteiger charge is 2.36. The molecule has 3 amide bonds. The van der Waals surface area contributed by atoms with E-state index >= 15 is 0 Å². The number of carbonyl (C=O) groups is 3. The van der Waals surface area contributed by atoms with Crippen LogP contribution < -0.4 is 10.1 Å². The molecule has 0 bridgehead atoms. The van der Waals surface area contributed by atoms with Gasteiger partial charge < -0.3 is 10.1 Å². The van der Waals surface area contributed by atoms with Crippen molar-refractivity contribution in [2.45, 2.75) is 6.61 Å². The maximum absolute atomic E-state index is 13.0. The molecule has 0 radical (unpaired) electrons. The largest absolute Gasteiger partial charge is 0.487 e. The second-order valence-electron chi connectivity index (χ2n) is 7.67. The Labute approximate surface area is 242 Å². The molecule has 12 heteroatoms. The van der Waals surface area contributed by atoms with Gasteiger partial charge in [0.1, 0.15) is 24.7 Å². The Morgan fingerprint density at radius 1 is 1.03 bits per heavy atom. The van der Waals surface area contributed by atoms with Crippen molar-refractivity contribution in [1.29, 1.82) is 0 Å². The summed E-state index contributed by atoms with van der Waals surface area (Å²) in [4.78, 5) is 38.6. The molecule has 1 fully saturated rings. The van der Waals surface area contributed by atoms with Crippen LogP contribution in [-0.2, 0) is 16.2 Å². The molecular weight excluding hydrogens is 674 g/mol. The van der Waals surface area contributed by atoms with Gasteiger partial charge in [-0.25, -0.2) is 4.39 Å². The predicted octanol–water partition coefficient (Wildman–Crippen LogP) is 7.91. The molecule has 4 rings (SSSR count). The third-order valence-corrected chi connectivity index (χ3v) is 7.81. The SMILES string of the molecule is O=C(CN1C(=O)S/C(=C\c2cc(Br)c(OCc3ccc(Cl)c(Cl)c3)c(Br)c2)C1=O)Nc1ccc(F)cc1. The maximum Gasteiger partial charge on any atom is 0.294 e. The smallest absolute Gasteiger partial charge is 0.294 e. The van der Waals surface area contributed by atoms with Crippen LogP contribution in [0.1, 0.15) is 11.1 Å². The van der Waals surface area contributed by atoms with E-state index in [9.17, 15) is 18.8 Å². The van der Waals surface area contributed by atoms with E-state index in [2.05, 4.69) is 37.2 Å². The van der Waals surface area contributed by atoms with Gasteiger partial charge in [-0.05, 0) is 109 Å². The molecular formula is C25H15Br2Cl2FN2O4S. The lowest BCUT2D eigenvalue weighted by Crippen LogP contribution is -2.36. The number of hydrogen-bond donors (Lipinski definition) is 1. The van der Waals surface area contributed by atoms with Gasteiger partial charge in [0, 0.05) is 5.69 Å². The van der Waals surface area contributed by atoms with Crippen molar-refractivity contribution >= 4 is 95.6 Å². The lowest BCUT2D eigenvalue weighted by molar-refractivity contribution is -0.127. The number of rotatable bonds is 7. The standard InChI is InChI=1S/C25H15Br2Cl2FN2O4S/c26-17-7-14(8-18(27)23(17)36-12-13-1-6-19(28)20(29)9-13)10-21-24(34)32(25(35)37-21)11-22(33)31-16-4-2-15(30)3-5-16/h1-10H,11-12H2,(H,31,33)/b21-10-. The minimum atomic E-state index is -0.587. The molecule has 0 atom stereocenters. The Kier molecular flexibility index (Phi) is 8.97. The van der Waals surface area contributed by atoms with E-state index in [1.165, 1.54) is 24.3 Å². The monoisotopic (exact) mass is 686 g/mol. The van der Waals surface area contributed by atoms with E-state index in [4.69, 9.17) is 27.9 Å². The average molecular weight is 689 g/mol. The number of benzene rings is 3. The molecule has 1 saturated heterocycles. The Hall–Kier alpha value is -2.37. The number of amides is 3. The minimum Gasteiger partial charge on any atom is -0.487 e. The maximum atomic E-state index is 13.0. The zero-order valence-corrected chi connectivity index (χ0v) is 24.1. The second kappa shape index (κ2) is 12.0. The van der Waals surface area contributed by atoms with Gasteiger partial charge in [-0.2, -0.15) is 0 Å². The summed E-state index contributed by atoms with van der Waals surface area (Å²) < 4.78 is 20.2. The van der Waals surface area contributed by atoms with Crippen molar-refractivity contribution in [3.05, 3.63) is 95.4 Å². The van der Waals surface area contributed by atoms with Crippen LogP contribution in [-0.4, -0.2) is 28.5 Å². The van der Waals surface area contributed by atoms with E-state index in [-0.39, 0.29) is 11.5 Å². The fourth-order valence-electron chi connectivity index (χ4n) is 3.25. The molecule has 6 nitrogen and oxygen atoms in total. The molecule has 37 heavy (non-hydrogen) atoms. The van der Waals surface area contributed by atoms with Crippen LogP contribution in [0.15, 0.2) is 68.4 Å². The molecule has 1 heterocycles. The van der Waals surface area contributed by atoms with Crippen molar-refractivity contribution in [1.82, 2.24) is 4.90 Å². The van der Waals surface area contributed by atoms with Crippen LogP contribution in [0.3, 0.4) is 0 Å². The Balaban J connectivity index is 1.43. The summed E-state index contributed by atoms with van der Waals surface area (Å²) in [5.41, 5.74) is 1.81. The number of halogens is 5. The number of thioether (sulfide) groups is 1. The van der Waals surface area contributed by atoms with E-state index in [0.29, 0.717) is 36.0 Å². The average Bonchev–Trinajstić information content (AvgIpc) is 3.09. The van der Waals surface area contributed by atoms with Crippen LogP contribution in [0, 0.1) is 5.82 Å². The Morgan fingerprint density at radius 2 is 1.70 bits per heavy atom. The van der Waals surface area contributed by atoms with Crippen LogP contribution in [0.25, 0.3) is 6.08 Å². The van der Waals surface area contributed by atoms with Gasteiger partial charge in [-0.15, -0.1) is 0 Å².